The molecular weight excluding hydrogens is 240 g/mol. The molecule has 3 N–H and O–H groups in total. The smallest absolute Gasteiger partial charge is 0.228 e. The Morgan fingerprint density at radius 2 is 2.35 bits per heavy atom. The van der Waals surface area contributed by atoms with Crippen LogP contribution >= 0.6 is 12.4 Å². The molecule has 0 radical (unpaired) electrons. The van der Waals surface area contributed by atoms with E-state index in [4.69, 9.17) is 10.5 Å². The SMILES string of the molecule is CC(CN)C(=O)Nc1ccc2c(c1)CCO2.Cl. The van der Waals surface area contributed by atoms with E-state index in [9.17, 15) is 4.79 Å². The number of rotatable bonds is 3. The molecule has 0 aliphatic carbocycles. The molecule has 1 amide bonds. The maximum atomic E-state index is 11.6. The number of amides is 1. The van der Waals surface area contributed by atoms with Gasteiger partial charge >= 0.3 is 0 Å². The number of hydrogen-bond donors (Lipinski definition) is 2. The van der Waals surface area contributed by atoms with Crippen molar-refractivity contribution in [1.82, 2.24) is 0 Å². The van der Waals surface area contributed by atoms with E-state index in [-0.39, 0.29) is 24.2 Å². The lowest BCUT2D eigenvalue weighted by Gasteiger charge is -2.10. The van der Waals surface area contributed by atoms with E-state index in [0.29, 0.717) is 6.54 Å². The van der Waals surface area contributed by atoms with E-state index in [0.717, 1.165) is 30.0 Å². The fraction of sp³-hybridized carbons (Fsp3) is 0.417. The van der Waals surface area contributed by atoms with Gasteiger partial charge in [0.2, 0.25) is 5.91 Å². The number of ether oxygens (including phenoxy) is 1. The van der Waals surface area contributed by atoms with Gasteiger partial charge in [-0.05, 0) is 23.8 Å². The zero-order valence-corrected chi connectivity index (χ0v) is 10.5. The number of anilines is 1. The summed E-state index contributed by atoms with van der Waals surface area (Å²) in [5, 5.41) is 2.85. The molecule has 0 saturated heterocycles. The zero-order chi connectivity index (χ0) is 11.5. The van der Waals surface area contributed by atoms with Crippen LogP contribution in [-0.2, 0) is 11.2 Å². The van der Waals surface area contributed by atoms with Gasteiger partial charge in [0.05, 0.1) is 6.61 Å². The maximum Gasteiger partial charge on any atom is 0.228 e. The Balaban J connectivity index is 0.00000144. The minimum absolute atomic E-state index is 0. The minimum atomic E-state index is -0.162. The lowest BCUT2D eigenvalue weighted by Crippen LogP contribution is -2.26. The Morgan fingerprint density at radius 3 is 3.06 bits per heavy atom. The minimum Gasteiger partial charge on any atom is -0.493 e. The maximum absolute atomic E-state index is 11.6. The number of halogens is 1. The van der Waals surface area contributed by atoms with E-state index < -0.39 is 0 Å². The molecule has 94 valence electrons. The zero-order valence-electron chi connectivity index (χ0n) is 9.73. The Labute approximate surface area is 107 Å². The second-order valence-electron chi connectivity index (χ2n) is 4.05. The number of benzene rings is 1. The molecule has 0 aromatic heterocycles. The van der Waals surface area contributed by atoms with E-state index >= 15 is 0 Å². The van der Waals surface area contributed by atoms with Gasteiger partial charge < -0.3 is 15.8 Å². The van der Waals surface area contributed by atoms with Crippen LogP contribution in [0.2, 0.25) is 0 Å². The van der Waals surface area contributed by atoms with Crippen molar-refractivity contribution >= 4 is 24.0 Å². The number of carbonyl (C=O) groups excluding carboxylic acids is 1. The highest BCUT2D eigenvalue weighted by molar-refractivity contribution is 5.92. The molecule has 1 unspecified atom stereocenters. The first-order chi connectivity index (χ1) is 7.70. The molecule has 1 aromatic rings. The molecule has 1 heterocycles. The molecule has 4 nitrogen and oxygen atoms in total. The molecule has 1 aromatic carbocycles. The standard InChI is InChI=1S/C12H16N2O2.ClH/c1-8(7-13)12(15)14-10-2-3-11-9(6-10)4-5-16-11;/h2-3,6,8H,4-5,7,13H2,1H3,(H,14,15);1H. The van der Waals surface area contributed by atoms with Crippen LogP contribution in [0.1, 0.15) is 12.5 Å². The normalized spacial score (nSPS) is 14.2. The van der Waals surface area contributed by atoms with Gasteiger partial charge in [0, 0.05) is 24.6 Å². The molecule has 1 aliphatic heterocycles. The van der Waals surface area contributed by atoms with Crippen LogP contribution in [-0.4, -0.2) is 19.1 Å². The predicted molar refractivity (Wildman–Crippen MR) is 69.7 cm³/mol. The summed E-state index contributed by atoms with van der Waals surface area (Å²) < 4.78 is 5.39. The van der Waals surface area contributed by atoms with Crippen LogP contribution in [0.4, 0.5) is 5.69 Å². The Bertz CT molecular complexity index is 409. The summed E-state index contributed by atoms with van der Waals surface area (Å²) in [6.45, 7) is 2.90. The van der Waals surface area contributed by atoms with Crippen LogP contribution in [0.15, 0.2) is 18.2 Å². The van der Waals surface area contributed by atoms with Gasteiger partial charge in [-0.25, -0.2) is 0 Å². The van der Waals surface area contributed by atoms with E-state index in [2.05, 4.69) is 5.32 Å². The van der Waals surface area contributed by atoms with Gasteiger partial charge in [-0.2, -0.15) is 0 Å². The van der Waals surface area contributed by atoms with Gasteiger partial charge in [-0.15, -0.1) is 12.4 Å². The Kier molecular flexibility index (Phi) is 4.78. The van der Waals surface area contributed by atoms with Crippen LogP contribution < -0.4 is 15.8 Å². The van der Waals surface area contributed by atoms with Crippen LogP contribution in [0.5, 0.6) is 5.75 Å². The van der Waals surface area contributed by atoms with Crippen LogP contribution in [0.3, 0.4) is 0 Å². The first-order valence-electron chi connectivity index (χ1n) is 5.47. The number of carbonyl (C=O) groups is 1. The molecule has 1 atom stereocenters. The lowest BCUT2D eigenvalue weighted by atomic mass is 10.1. The highest BCUT2D eigenvalue weighted by Gasteiger charge is 2.14. The highest BCUT2D eigenvalue weighted by Crippen LogP contribution is 2.27. The first-order valence-corrected chi connectivity index (χ1v) is 5.47. The van der Waals surface area contributed by atoms with E-state index in [1.54, 1.807) is 0 Å². The Hall–Kier alpha value is -1.26. The van der Waals surface area contributed by atoms with Crippen molar-refractivity contribution in [3.05, 3.63) is 23.8 Å². The summed E-state index contributed by atoms with van der Waals surface area (Å²) in [6.07, 6.45) is 0.908. The first kappa shape index (κ1) is 13.8. The summed E-state index contributed by atoms with van der Waals surface area (Å²) in [5.74, 6) is 0.718. The van der Waals surface area contributed by atoms with Crippen molar-refractivity contribution in [2.24, 2.45) is 11.7 Å². The van der Waals surface area contributed by atoms with E-state index in [1.165, 1.54) is 0 Å². The molecule has 2 rings (SSSR count). The summed E-state index contributed by atoms with van der Waals surface area (Å²) in [7, 11) is 0. The molecule has 0 fully saturated rings. The number of hydrogen-bond acceptors (Lipinski definition) is 3. The van der Waals surface area contributed by atoms with Gasteiger partial charge in [0.1, 0.15) is 5.75 Å². The third-order valence-corrected chi connectivity index (χ3v) is 2.76. The third kappa shape index (κ3) is 3.11. The molecule has 1 aliphatic rings. The Morgan fingerprint density at radius 1 is 1.59 bits per heavy atom. The summed E-state index contributed by atoms with van der Waals surface area (Å²) in [6, 6.07) is 5.71. The van der Waals surface area contributed by atoms with Crippen molar-refractivity contribution in [3.63, 3.8) is 0 Å². The van der Waals surface area contributed by atoms with Crippen LogP contribution in [0, 0.1) is 5.92 Å². The molecule has 0 saturated carbocycles. The predicted octanol–water partition coefficient (Wildman–Crippen LogP) is 1.58. The molecule has 17 heavy (non-hydrogen) atoms. The van der Waals surface area contributed by atoms with Gasteiger partial charge in [0.15, 0.2) is 0 Å². The number of nitrogens with two attached hydrogens (primary N) is 1. The summed E-state index contributed by atoms with van der Waals surface area (Å²) in [5.41, 5.74) is 7.40. The van der Waals surface area contributed by atoms with Crippen molar-refractivity contribution in [2.75, 3.05) is 18.5 Å². The molecule has 0 bridgehead atoms. The fourth-order valence-corrected chi connectivity index (χ4v) is 1.64. The summed E-state index contributed by atoms with van der Waals surface area (Å²) >= 11 is 0. The average molecular weight is 257 g/mol. The van der Waals surface area contributed by atoms with Gasteiger partial charge in [0.25, 0.3) is 0 Å². The number of fused-ring (bicyclic) bond motifs is 1. The van der Waals surface area contributed by atoms with E-state index in [1.807, 2.05) is 25.1 Å². The molecular formula is C12H17ClN2O2. The molecule has 5 heteroatoms. The van der Waals surface area contributed by atoms with Crippen molar-refractivity contribution in [3.8, 4) is 5.75 Å². The highest BCUT2D eigenvalue weighted by atomic mass is 35.5. The van der Waals surface area contributed by atoms with Gasteiger partial charge in [-0.3, -0.25) is 4.79 Å². The topological polar surface area (TPSA) is 64.4 Å². The molecule has 0 spiro atoms. The average Bonchev–Trinajstić information content (AvgIpc) is 2.75. The van der Waals surface area contributed by atoms with Crippen molar-refractivity contribution < 1.29 is 9.53 Å². The van der Waals surface area contributed by atoms with Crippen LogP contribution in [0.25, 0.3) is 0 Å². The quantitative estimate of drug-likeness (QED) is 0.863. The number of nitrogens with one attached hydrogen (secondary N) is 1. The fourth-order valence-electron chi connectivity index (χ4n) is 1.64. The summed E-state index contributed by atoms with van der Waals surface area (Å²) in [4.78, 5) is 11.6. The van der Waals surface area contributed by atoms with Gasteiger partial charge in [-0.1, -0.05) is 6.92 Å². The van der Waals surface area contributed by atoms with Crippen molar-refractivity contribution in [2.45, 2.75) is 13.3 Å². The largest absolute Gasteiger partial charge is 0.493 e. The second-order valence-corrected chi connectivity index (χ2v) is 4.05. The van der Waals surface area contributed by atoms with Crippen molar-refractivity contribution in [1.29, 1.82) is 0 Å². The third-order valence-electron chi connectivity index (χ3n) is 2.76. The second kappa shape index (κ2) is 5.89. The monoisotopic (exact) mass is 256 g/mol. The lowest BCUT2D eigenvalue weighted by molar-refractivity contribution is -0.119.